The topological polar surface area (TPSA) is 126 Å². The van der Waals surface area contributed by atoms with E-state index in [1.165, 1.54) is 11.0 Å². The van der Waals surface area contributed by atoms with Gasteiger partial charge in [0.25, 0.3) is 0 Å². The highest BCUT2D eigenvalue weighted by molar-refractivity contribution is 9.10. The highest BCUT2D eigenvalue weighted by atomic mass is 79.9. The van der Waals surface area contributed by atoms with Gasteiger partial charge in [0.1, 0.15) is 11.4 Å². The molecule has 1 aliphatic heterocycles. The van der Waals surface area contributed by atoms with Gasteiger partial charge in [0, 0.05) is 17.0 Å². The van der Waals surface area contributed by atoms with Crippen LogP contribution in [0.1, 0.15) is 22.1 Å². The van der Waals surface area contributed by atoms with Crippen molar-refractivity contribution >= 4 is 38.8 Å². The molecule has 122 valence electrons. The number of aliphatic hydroxyl groups is 1. The molecule has 1 aromatic heterocycles. The molecule has 0 amide bonds. The molecular formula is C14H16BrN4O4+. The molecule has 0 fully saturated rings. The number of phenols is 1. The number of carbonyl (C=O) groups is 1. The van der Waals surface area contributed by atoms with Gasteiger partial charge in [-0.1, -0.05) is 0 Å². The van der Waals surface area contributed by atoms with Gasteiger partial charge in [-0.2, -0.15) is 0 Å². The lowest BCUT2D eigenvalue weighted by atomic mass is 10.0. The molecule has 6 N–H and O–H groups in total. The van der Waals surface area contributed by atoms with Gasteiger partial charge >= 0.3 is 11.9 Å². The number of H-pyrrole nitrogens is 1. The van der Waals surface area contributed by atoms with E-state index in [4.69, 9.17) is 5.73 Å². The molecule has 1 aromatic carbocycles. The second-order valence-corrected chi connectivity index (χ2v) is 6.36. The normalized spacial score (nSPS) is 21.5. The summed E-state index contributed by atoms with van der Waals surface area (Å²) in [5, 5.41) is 30.4. The second kappa shape index (κ2) is 5.14. The molecule has 0 saturated heterocycles. The van der Waals surface area contributed by atoms with Gasteiger partial charge in [0.2, 0.25) is 6.23 Å². The van der Waals surface area contributed by atoms with Crippen LogP contribution >= 0.6 is 15.9 Å². The van der Waals surface area contributed by atoms with E-state index in [9.17, 15) is 20.1 Å². The maximum absolute atomic E-state index is 11.6. The Morgan fingerprint density at radius 2 is 2.13 bits per heavy atom. The Labute approximate surface area is 139 Å². The van der Waals surface area contributed by atoms with Crippen LogP contribution in [0.25, 0.3) is 10.9 Å². The van der Waals surface area contributed by atoms with Crippen LogP contribution in [0.2, 0.25) is 0 Å². The number of likely N-dealkylation sites (N-methyl/N-ethyl adjacent to an activating group) is 2. The van der Waals surface area contributed by atoms with Crippen molar-refractivity contribution < 1.29 is 24.7 Å². The van der Waals surface area contributed by atoms with Gasteiger partial charge in [0.05, 0.1) is 24.1 Å². The highest BCUT2D eigenvalue weighted by Gasteiger charge is 2.44. The molecule has 0 spiro atoms. The average molecular weight is 384 g/mol. The summed E-state index contributed by atoms with van der Waals surface area (Å²) in [5.41, 5.74) is 6.77. The van der Waals surface area contributed by atoms with E-state index in [2.05, 4.69) is 20.9 Å². The van der Waals surface area contributed by atoms with E-state index >= 15 is 0 Å². The molecule has 9 heteroatoms. The van der Waals surface area contributed by atoms with Crippen molar-refractivity contribution in [2.45, 2.75) is 12.3 Å². The lowest BCUT2D eigenvalue weighted by Crippen LogP contribution is -2.38. The number of rotatable bonds is 2. The number of aliphatic hydroxyl groups excluding tert-OH is 1. The van der Waals surface area contributed by atoms with Gasteiger partial charge in [-0.05, 0) is 22.0 Å². The maximum Gasteiger partial charge on any atom is 0.352 e. The predicted octanol–water partition coefficient (Wildman–Crippen LogP) is 0.596. The number of aromatic hydroxyl groups is 1. The van der Waals surface area contributed by atoms with Crippen molar-refractivity contribution in [3.8, 4) is 5.75 Å². The molecule has 1 aliphatic rings. The number of guanidine groups is 1. The number of halogens is 1. The summed E-state index contributed by atoms with van der Waals surface area (Å²) in [6.07, 6.45) is -0.996. The lowest BCUT2D eigenvalue weighted by Gasteiger charge is -2.17. The van der Waals surface area contributed by atoms with Crippen LogP contribution in [-0.4, -0.2) is 62.0 Å². The number of hydrogen-bond acceptors (Lipinski definition) is 5. The highest BCUT2D eigenvalue weighted by Crippen LogP contribution is 2.38. The first kappa shape index (κ1) is 15.6. The van der Waals surface area contributed by atoms with Crippen LogP contribution in [0, 0.1) is 0 Å². The van der Waals surface area contributed by atoms with Crippen molar-refractivity contribution in [1.82, 2.24) is 9.88 Å². The van der Waals surface area contributed by atoms with E-state index in [0.717, 1.165) is 0 Å². The molecule has 3 rings (SSSR count). The SMILES string of the molecule is CN1C(N)=[N+](C)C(c2c(C(=O)O)[nH]c3cc(O)c(Br)cc23)C1O. The molecular weight excluding hydrogens is 368 g/mol. The van der Waals surface area contributed by atoms with Crippen LogP contribution in [0.4, 0.5) is 0 Å². The zero-order valence-corrected chi connectivity index (χ0v) is 14.0. The molecule has 2 unspecified atom stereocenters. The van der Waals surface area contributed by atoms with Gasteiger partial charge in [-0.3, -0.25) is 10.3 Å². The summed E-state index contributed by atoms with van der Waals surface area (Å²) in [5.74, 6) is -0.822. The Morgan fingerprint density at radius 3 is 2.65 bits per heavy atom. The Morgan fingerprint density at radius 1 is 1.48 bits per heavy atom. The van der Waals surface area contributed by atoms with E-state index in [0.29, 0.717) is 26.9 Å². The summed E-state index contributed by atoms with van der Waals surface area (Å²) in [7, 11) is 3.32. The number of carboxylic acid groups (broad SMARTS) is 1. The summed E-state index contributed by atoms with van der Waals surface area (Å²) >= 11 is 3.23. The standard InChI is InChI=1S/C14H15BrN4O4/c1-18-11(12(21)19(2)14(18)16)9-5-3-6(15)8(20)4-7(5)17-10(9)13(22)23/h3-4,11-12,16-17,21H,1-2H3,(H2,20,22,23)/p+1. The van der Waals surface area contributed by atoms with Crippen molar-refractivity contribution in [1.29, 1.82) is 0 Å². The Bertz CT molecular complexity index is 860. The van der Waals surface area contributed by atoms with Gasteiger partial charge < -0.3 is 20.3 Å². The Balaban J connectivity index is 2.34. The molecule has 8 nitrogen and oxygen atoms in total. The number of aromatic amines is 1. The largest absolute Gasteiger partial charge is 0.507 e. The Hall–Kier alpha value is -2.26. The minimum Gasteiger partial charge on any atom is -0.507 e. The molecule has 2 heterocycles. The fourth-order valence-corrected chi connectivity index (χ4v) is 3.33. The van der Waals surface area contributed by atoms with E-state index in [-0.39, 0.29) is 11.4 Å². The number of fused-ring (bicyclic) bond motifs is 1. The lowest BCUT2D eigenvalue weighted by molar-refractivity contribution is -0.544. The first-order valence-electron chi connectivity index (χ1n) is 6.77. The monoisotopic (exact) mass is 383 g/mol. The third-order valence-corrected chi connectivity index (χ3v) is 4.87. The Kier molecular flexibility index (Phi) is 3.49. The summed E-state index contributed by atoms with van der Waals surface area (Å²) in [6, 6.07) is 2.40. The first-order chi connectivity index (χ1) is 10.7. The van der Waals surface area contributed by atoms with E-state index in [1.54, 1.807) is 24.7 Å². The van der Waals surface area contributed by atoms with Crippen LogP contribution in [0.15, 0.2) is 16.6 Å². The number of phenolic OH excluding ortho intramolecular Hbond substituents is 1. The number of carboxylic acids is 1. The average Bonchev–Trinajstić information content (AvgIpc) is 2.92. The number of nitrogens with one attached hydrogen (secondary N) is 1. The quantitative estimate of drug-likeness (QED) is 0.483. The third kappa shape index (κ3) is 2.15. The zero-order valence-electron chi connectivity index (χ0n) is 12.4. The summed E-state index contributed by atoms with van der Waals surface area (Å²) < 4.78 is 2.06. The van der Waals surface area contributed by atoms with Crippen molar-refractivity contribution in [3.05, 3.63) is 27.9 Å². The van der Waals surface area contributed by atoms with Crippen molar-refractivity contribution in [2.24, 2.45) is 5.73 Å². The van der Waals surface area contributed by atoms with Crippen LogP contribution in [-0.2, 0) is 0 Å². The minimum atomic E-state index is -1.15. The molecule has 0 saturated carbocycles. The van der Waals surface area contributed by atoms with E-state index < -0.39 is 18.2 Å². The predicted molar refractivity (Wildman–Crippen MR) is 86.5 cm³/mol. The number of nitrogens with zero attached hydrogens (tertiary/aromatic N) is 2. The van der Waals surface area contributed by atoms with E-state index in [1.807, 2.05) is 0 Å². The minimum absolute atomic E-state index is 0.00856. The molecule has 0 aliphatic carbocycles. The smallest absolute Gasteiger partial charge is 0.352 e. The fraction of sp³-hybridized carbons (Fsp3) is 0.286. The first-order valence-corrected chi connectivity index (χ1v) is 7.56. The number of aromatic nitrogens is 1. The molecule has 0 radical (unpaired) electrons. The summed E-state index contributed by atoms with van der Waals surface area (Å²) in [6.45, 7) is 0. The van der Waals surface area contributed by atoms with Gasteiger partial charge in [0.15, 0.2) is 6.04 Å². The molecule has 0 bridgehead atoms. The number of aromatic carboxylic acids is 1. The maximum atomic E-state index is 11.6. The number of hydrogen-bond donors (Lipinski definition) is 5. The second-order valence-electron chi connectivity index (χ2n) is 5.51. The van der Waals surface area contributed by atoms with Crippen LogP contribution < -0.4 is 5.73 Å². The summed E-state index contributed by atoms with van der Waals surface area (Å²) in [4.78, 5) is 15.9. The third-order valence-electron chi connectivity index (χ3n) is 4.24. The molecule has 2 atom stereocenters. The number of nitrogens with two attached hydrogens (primary N) is 1. The molecule has 2 aromatic rings. The van der Waals surface area contributed by atoms with Crippen LogP contribution in [0.5, 0.6) is 5.75 Å². The van der Waals surface area contributed by atoms with Crippen molar-refractivity contribution in [3.63, 3.8) is 0 Å². The van der Waals surface area contributed by atoms with Gasteiger partial charge in [-0.15, -0.1) is 0 Å². The number of benzene rings is 1. The zero-order chi connectivity index (χ0) is 17.0. The van der Waals surface area contributed by atoms with Crippen molar-refractivity contribution in [2.75, 3.05) is 14.1 Å². The molecule has 23 heavy (non-hydrogen) atoms. The fourth-order valence-electron chi connectivity index (χ4n) is 2.98. The van der Waals surface area contributed by atoms with Crippen LogP contribution in [0.3, 0.4) is 0 Å². The van der Waals surface area contributed by atoms with Gasteiger partial charge in [-0.25, -0.2) is 9.69 Å².